The van der Waals surface area contributed by atoms with Crippen LogP contribution in [-0.4, -0.2) is 55.3 Å². The van der Waals surface area contributed by atoms with E-state index in [9.17, 15) is 9.90 Å². The first-order valence-corrected chi connectivity index (χ1v) is 6.36. The molecule has 1 aromatic rings. The first-order valence-electron chi connectivity index (χ1n) is 6.36. The molecule has 1 aliphatic heterocycles. The Labute approximate surface area is 113 Å². The van der Waals surface area contributed by atoms with Crippen molar-refractivity contribution >= 4 is 11.6 Å². The lowest BCUT2D eigenvalue weighted by Crippen LogP contribution is -2.61. The number of likely N-dealkylation sites (N-methyl/N-ethyl adjacent to an activating group) is 1. The highest BCUT2D eigenvalue weighted by atomic mass is 16.5. The van der Waals surface area contributed by atoms with Gasteiger partial charge in [0.1, 0.15) is 11.8 Å². The number of aliphatic hydroxyl groups is 1. The number of rotatable bonds is 3. The van der Waals surface area contributed by atoms with Crippen LogP contribution in [0, 0.1) is 0 Å². The van der Waals surface area contributed by atoms with Crippen molar-refractivity contribution in [2.24, 2.45) is 0 Å². The van der Waals surface area contributed by atoms with Crippen molar-refractivity contribution in [3.63, 3.8) is 0 Å². The van der Waals surface area contributed by atoms with Gasteiger partial charge in [0.05, 0.1) is 13.7 Å². The minimum Gasteiger partial charge on any atom is -0.497 e. The van der Waals surface area contributed by atoms with Gasteiger partial charge in [-0.3, -0.25) is 9.69 Å². The molecule has 1 fully saturated rings. The van der Waals surface area contributed by atoms with Crippen LogP contribution in [0.15, 0.2) is 24.3 Å². The highest BCUT2D eigenvalue weighted by Gasteiger charge is 2.36. The molecule has 0 radical (unpaired) electrons. The molecule has 104 valence electrons. The van der Waals surface area contributed by atoms with Gasteiger partial charge in [-0.05, 0) is 38.2 Å². The van der Waals surface area contributed by atoms with Crippen molar-refractivity contribution in [2.45, 2.75) is 19.0 Å². The molecule has 0 aliphatic carbocycles. The van der Waals surface area contributed by atoms with E-state index in [2.05, 4.69) is 0 Å². The van der Waals surface area contributed by atoms with Crippen LogP contribution in [0.1, 0.15) is 6.92 Å². The minimum absolute atomic E-state index is 0.0618. The number of piperazine rings is 1. The first-order chi connectivity index (χ1) is 9.08. The van der Waals surface area contributed by atoms with Gasteiger partial charge in [-0.2, -0.15) is 0 Å². The number of carbonyl (C=O) groups excluding carboxylic acids is 1. The number of hydrogen-bond acceptors (Lipinski definition) is 4. The number of aliphatic hydroxyl groups excluding tert-OH is 1. The van der Waals surface area contributed by atoms with Gasteiger partial charge in [0.15, 0.2) is 0 Å². The molecular formula is C14H20N2O3. The topological polar surface area (TPSA) is 53.0 Å². The van der Waals surface area contributed by atoms with E-state index in [1.54, 1.807) is 12.0 Å². The summed E-state index contributed by atoms with van der Waals surface area (Å²) in [6.07, 6.45) is 0. The van der Waals surface area contributed by atoms with Gasteiger partial charge in [-0.15, -0.1) is 0 Å². The third kappa shape index (κ3) is 2.57. The van der Waals surface area contributed by atoms with Crippen LogP contribution in [0.5, 0.6) is 5.75 Å². The zero-order valence-electron chi connectivity index (χ0n) is 11.5. The van der Waals surface area contributed by atoms with Gasteiger partial charge < -0.3 is 14.7 Å². The summed E-state index contributed by atoms with van der Waals surface area (Å²) < 4.78 is 5.11. The van der Waals surface area contributed by atoms with Gasteiger partial charge in [0, 0.05) is 18.3 Å². The fraction of sp³-hybridized carbons (Fsp3) is 0.500. The molecule has 0 spiro atoms. The van der Waals surface area contributed by atoms with Crippen LogP contribution in [0.4, 0.5) is 5.69 Å². The summed E-state index contributed by atoms with van der Waals surface area (Å²) in [6.45, 7) is 2.51. The zero-order valence-corrected chi connectivity index (χ0v) is 11.5. The molecule has 2 rings (SSSR count). The van der Waals surface area contributed by atoms with Gasteiger partial charge >= 0.3 is 0 Å². The van der Waals surface area contributed by atoms with E-state index in [0.29, 0.717) is 6.54 Å². The maximum absolute atomic E-state index is 12.4. The number of nitrogens with zero attached hydrogens (tertiary/aromatic N) is 2. The number of amides is 1. The Morgan fingerprint density at radius 1 is 1.37 bits per heavy atom. The average Bonchev–Trinajstić information content (AvgIpc) is 2.44. The Kier molecular flexibility index (Phi) is 4.07. The molecule has 5 heteroatoms. The standard InChI is InChI=1S/C14H20N2O3/c1-10-8-16(14(18)13(9-17)15(10)2)11-4-6-12(19-3)7-5-11/h4-7,10,13,17H,8-9H2,1-3H3. The summed E-state index contributed by atoms with van der Waals surface area (Å²) in [4.78, 5) is 16.0. The van der Waals surface area contributed by atoms with E-state index in [4.69, 9.17) is 4.74 Å². The summed E-state index contributed by atoms with van der Waals surface area (Å²) in [5.41, 5.74) is 0.837. The Bertz CT molecular complexity index is 447. The molecule has 1 aromatic carbocycles. The minimum atomic E-state index is -0.467. The predicted molar refractivity (Wildman–Crippen MR) is 73.4 cm³/mol. The van der Waals surface area contributed by atoms with E-state index in [-0.39, 0.29) is 18.6 Å². The number of hydrogen-bond donors (Lipinski definition) is 1. The first kappa shape index (κ1) is 13.8. The van der Waals surface area contributed by atoms with Crippen molar-refractivity contribution in [3.8, 4) is 5.75 Å². The van der Waals surface area contributed by atoms with E-state index >= 15 is 0 Å². The van der Waals surface area contributed by atoms with E-state index in [0.717, 1.165) is 11.4 Å². The second kappa shape index (κ2) is 5.59. The number of methoxy groups -OCH3 is 1. The molecule has 1 aliphatic rings. The van der Waals surface area contributed by atoms with Crippen molar-refractivity contribution in [3.05, 3.63) is 24.3 Å². The Morgan fingerprint density at radius 2 is 2.00 bits per heavy atom. The Balaban J connectivity index is 2.25. The number of ether oxygens (including phenoxy) is 1. The fourth-order valence-corrected chi connectivity index (χ4v) is 2.35. The highest BCUT2D eigenvalue weighted by molar-refractivity contribution is 5.98. The molecule has 0 aromatic heterocycles. The normalized spacial score (nSPS) is 24.6. The van der Waals surface area contributed by atoms with E-state index in [1.165, 1.54) is 0 Å². The number of anilines is 1. The van der Waals surface area contributed by atoms with Gasteiger partial charge in [-0.1, -0.05) is 0 Å². The molecule has 2 atom stereocenters. The predicted octanol–water partition coefficient (Wildman–Crippen LogP) is 0.723. The SMILES string of the molecule is COc1ccc(N2CC(C)N(C)C(CO)C2=O)cc1. The van der Waals surface area contributed by atoms with Crippen LogP contribution in [0.25, 0.3) is 0 Å². The Hall–Kier alpha value is -1.59. The third-order valence-corrected chi connectivity index (χ3v) is 3.74. The van der Waals surface area contributed by atoms with Crippen LogP contribution >= 0.6 is 0 Å². The molecule has 1 heterocycles. The summed E-state index contributed by atoms with van der Waals surface area (Å²) in [5.74, 6) is 0.699. The van der Waals surface area contributed by atoms with Gasteiger partial charge in [-0.25, -0.2) is 0 Å². The van der Waals surface area contributed by atoms with Crippen molar-refractivity contribution in [2.75, 3.05) is 32.2 Å². The molecule has 1 saturated heterocycles. The molecule has 2 unspecified atom stereocenters. The van der Waals surface area contributed by atoms with Crippen LogP contribution in [0.2, 0.25) is 0 Å². The lowest BCUT2D eigenvalue weighted by atomic mass is 10.1. The zero-order chi connectivity index (χ0) is 14.0. The molecule has 1 N–H and O–H groups in total. The quantitative estimate of drug-likeness (QED) is 0.874. The highest BCUT2D eigenvalue weighted by Crippen LogP contribution is 2.24. The molecular weight excluding hydrogens is 244 g/mol. The lowest BCUT2D eigenvalue weighted by Gasteiger charge is -2.42. The Morgan fingerprint density at radius 3 is 2.53 bits per heavy atom. The lowest BCUT2D eigenvalue weighted by molar-refractivity contribution is -0.128. The molecule has 1 amide bonds. The largest absolute Gasteiger partial charge is 0.497 e. The van der Waals surface area contributed by atoms with Crippen LogP contribution in [-0.2, 0) is 4.79 Å². The molecule has 5 nitrogen and oxygen atoms in total. The summed E-state index contributed by atoms with van der Waals surface area (Å²) >= 11 is 0. The van der Waals surface area contributed by atoms with Crippen molar-refractivity contribution < 1.29 is 14.6 Å². The van der Waals surface area contributed by atoms with Crippen molar-refractivity contribution in [1.29, 1.82) is 0 Å². The van der Waals surface area contributed by atoms with Crippen molar-refractivity contribution in [1.82, 2.24) is 4.90 Å². The second-order valence-electron chi connectivity index (χ2n) is 4.86. The van der Waals surface area contributed by atoms with Gasteiger partial charge in [0.25, 0.3) is 0 Å². The molecule has 19 heavy (non-hydrogen) atoms. The second-order valence-corrected chi connectivity index (χ2v) is 4.86. The maximum atomic E-state index is 12.4. The van der Waals surface area contributed by atoms with Crippen LogP contribution in [0.3, 0.4) is 0 Å². The van der Waals surface area contributed by atoms with E-state index in [1.807, 2.05) is 43.1 Å². The molecule has 0 bridgehead atoms. The third-order valence-electron chi connectivity index (χ3n) is 3.74. The maximum Gasteiger partial charge on any atom is 0.246 e. The van der Waals surface area contributed by atoms with Crippen LogP contribution < -0.4 is 9.64 Å². The monoisotopic (exact) mass is 264 g/mol. The summed E-state index contributed by atoms with van der Waals surface area (Å²) in [5, 5.41) is 9.39. The molecule has 0 saturated carbocycles. The number of carbonyl (C=O) groups is 1. The number of benzene rings is 1. The average molecular weight is 264 g/mol. The van der Waals surface area contributed by atoms with Gasteiger partial charge in [0.2, 0.25) is 5.91 Å². The fourth-order valence-electron chi connectivity index (χ4n) is 2.35. The summed E-state index contributed by atoms with van der Waals surface area (Å²) in [7, 11) is 3.48. The van der Waals surface area contributed by atoms with E-state index < -0.39 is 6.04 Å². The smallest absolute Gasteiger partial charge is 0.246 e. The summed E-state index contributed by atoms with van der Waals surface area (Å²) in [6, 6.07) is 7.13.